The van der Waals surface area contributed by atoms with Crippen molar-refractivity contribution >= 4 is 18.1 Å². The molecule has 3 fully saturated rings. The first kappa shape index (κ1) is 46.2. The maximum atomic E-state index is 12.2. The highest BCUT2D eigenvalue weighted by atomic mass is 16.7. The second-order valence-electron chi connectivity index (χ2n) is 12.8. The number of aldehydes is 1. The monoisotopic (exact) mass is 790 g/mol. The van der Waals surface area contributed by atoms with Crippen LogP contribution in [0.5, 0.6) is 0 Å². The molecule has 3 aliphatic heterocycles. The third kappa shape index (κ3) is 12.9. The lowest BCUT2D eigenvalue weighted by atomic mass is 9.96. The van der Waals surface area contributed by atoms with Crippen LogP contribution in [-0.4, -0.2) is 220 Å². The second kappa shape index (κ2) is 23.2. The summed E-state index contributed by atoms with van der Waals surface area (Å²) in [6.07, 6.45) is -23.1. The third-order valence-electron chi connectivity index (χ3n) is 8.76. The Labute approximate surface area is 308 Å². The van der Waals surface area contributed by atoms with Crippen molar-refractivity contribution in [2.45, 2.75) is 117 Å². The molecule has 24 heteroatoms. The molecule has 15 N–H and O–H groups in total. The van der Waals surface area contributed by atoms with E-state index < -0.39 is 143 Å². The molecule has 54 heavy (non-hydrogen) atoms. The molecule has 3 saturated heterocycles. The minimum Gasteiger partial charge on any atom is -0.394 e. The number of aliphatic hydroxyl groups excluding tert-OH is 10. The standard InChI is InChI=1S/C30H54N4O20/c31-4-2-1-3-13(7-35)33-34-18(39)12-48-11-17(38)32-5-6-49-29-26(47)27(54-30-25(46)23(44)20(41)15(9-37)52-30)21(42)16(53-29)10-50-28-24(45)22(43)19(40)14(8-36)51-28/h7,13-16,19-30,33,36-37,40-47H,1-6,8-12,31H2,(H,32,38)(H,34,39)/t13-,14+,15+,16+,19+,20+,21+,22-,23-,24-,25-,26-,27-,28-,29-,30+/m0/s1. The first-order chi connectivity index (χ1) is 25.8. The zero-order valence-electron chi connectivity index (χ0n) is 29.2. The maximum absolute atomic E-state index is 12.2. The smallest absolute Gasteiger partial charge is 0.260 e. The molecule has 0 aromatic rings. The van der Waals surface area contributed by atoms with Gasteiger partial charge in [0.25, 0.3) is 5.91 Å². The molecule has 314 valence electrons. The molecule has 0 unspecified atom stereocenters. The summed E-state index contributed by atoms with van der Waals surface area (Å²) in [5, 5.41) is 105. The molecule has 3 aliphatic rings. The van der Waals surface area contributed by atoms with Crippen LogP contribution in [0, 0.1) is 0 Å². The van der Waals surface area contributed by atoms with E-state index in [-0.39, 0.29) is 13.2 Å². The Morgan fingerprint density at radius 1 is 0.704 bits per heavy atom. The van der Waals surface area contributed by atoms with E-state index in [4.69, 9.17) is 38.9 Å². The number of aliphatic hydroxyl groups is 10. The summed E-state index contributed by atoms with van der Waals surface area (Å²) in [5.41, 5.74) is 10.3. The van der Waals surface area contributed by atoms with Crippen LogP contribution in [0.15, 0.2) is 0 Å². The second-order valence-corrected chi connectivity index (χ2v) is 12.8. The van der Waals surface area contributed by atoms with Crippen molar-refractivity contribution in [2.75, 3.05) is 52.7 Å². The number of hydrogen-bond acceptors (Lipinski definition) is 22. The molecule has 0 aliphatic carbocycles. The first-order valence-electron chi connectivity index (χ1n) is 17.3. The number of carbonyl (C=O) groups is 3. The molecule has 0 spiro atoms. The van der Waals surface area contributed by atoms with E-state index in [0.29, 0.717) is 32.1 Å². The highest BCUT2D eigenvalue weighted by molar-refractivity contribution is 5.79. The van der Waals surface area contributed by atoms with Crippen LogP contribution in [0.1, 0.15) is 19.3 Å². The van der Waals surface area contributed by atoms with Gasteiger partial charge in [0.2, 0.25) is 5.91 Å². The largest absolute Gasteiger partial charge is 0.394 e. The first-order valence-corrected chi connectivity index (χ1v) is 17.3. The Hall–Kier alpha value is -2.15. The van der Waals surface area contributed by atoms with E-state index in [2.05, 4.69) is 16.2 Å². The van der Waals surface area contributed by atoms with Crippen LogP contribution in [0.4, 0.5) is 0 Å². The van der Waals surface area contributed by atoms with E-state index in [1.165, 1.54) is 0 Å². The predicted molar refractivity (Wildman–Crippen MR) is 173 cm³/mol. The number of carbonyl (C=O) groups excluding carboxylic acids is 3. The summed E-state index contributed by atoms with van der Waals surface area (Å²) >= 11 is 0. The molecule has 0 aromatic carbocycles. The number of nitrogens with one attached hydrogen (secondary N) is 3. The van der Waals surface area contributed by atoms with Crippen molar-refractivity contribution in [2.24, 2.45) is 5.73 Å². The Morgan fingerprint density at radius 2 is 1.28 bits per heavy atom. The number of ether oxygens (including phenoxy) is 7. The topological polar surface area (TPSA) is 380 Å². The average Bonchev–Trinajstić information content (AvgIpc) is 3.16. The number of unbranched alkanes of at least 4 members (excludes halogenated alkanes) is 1. The van der Waals surface area contributed by atoms with Crippen molar-refractivity contribution in [1.82, 2.24) is 16.2 Å². The minimum absolute atomic E-state index is 0.195. The molecule has 3 heterocycles. The fourth-order valence-electron chi connectivity index (χ4n) is 5.61. The van der Waals surface area contributed by atoms with Gasteiger partial charge in [-0.25, -0.2) is 5.43 Å². The number of rotatable bonds is 22. The van der Waals surface area contributed by atoms with Crippen molar-refractivity contribution in [3.8, 4) is 0 Å². The lowest BCUT2D eigenvalue weighted by molar-refractivity contribution is -0.366. The van der Waals surface area contributed by atoms with E-state index in [1.807, 2.05) is 0 Å². The van der Waals surface area contributed by atoms with Gasteiger partial charge in [0.15, 0.2) is 18.9 Å². The number of amides is 2. The summed E-state index contributed by atoms with van der Waals surface area (Å²) in [4.78, 5) is 35.3. The van der Waals surface area contributed by atoms with Crippen LogP contribution in [-0.2, 0) is 47.5 Å². The summed E-state index contributed by atoms with van der Waals surface area (Å²) in [6.45, 7) is -3.33. The van der Waals surface area contributed by atoms with Crippen LogP contribution in [0.3, 0.4) is 0 Å². The molecule has 3 rings (SSSR count). The van der Waals surface area contributed by atoms with E-state index >= 15 is 0 Å². The summed E-state index contributed by atoms with van der Waals surface area (Å²) in [5.74, 6) is -1.31. The van der Waals surface area contributed by atoms with Gasteiger partial charge in [-0.15, -0.1) is 0 Å². The Bertz CT molecular complexity index is 1130. The molecule has 0 aromatic heterocycles. The van der Waals surface area contributed by atoms with E-state index in [0.717, 1.165) is 0 Å². The van der Waals surface area contributed by atoms with Gasteiger partial charge in [-0.1, -0.05) is 6.42 Å². The van der Waals surface area contributed by atoms with Gasteiger partial charge in [-0.2, -0.15) is 0 Å². The van der Waals surface area contributed by atoms with E-state index in [1.54, 1.807) is 0 Å². The fourth-order valence-corrected chi connectivity index (χ4v) is 5.61. The maximum Gasteiger partial charge on any atom is 0.260 e. The van der Waals surface area contributed by atoms with Gasteiger partial charge < -0.3 is 100 Å². The molecular formula is C30H54N4O20. The Kier molecular flexibility index (Phi) is 19.8. The van der Waals surface area contributed by atoms with Crippen molar-refractivity contribution in [3.63, 3.8) is 0 Å². The predicted octanol–water partition coefficient (Wildman–Crippen LogP) is -9.10. The van der Waals surface area contributed by atoms with Crippen molar-refractivity contribution < 1.29 is 98.6 Å². The fraction of sp³-hybridized carbons (Fsp3) is 0.900. The quantitative estimate of drug-likeness (QED) is 0.0275. The summed E-state index contributed by atoms with van der Waals surface area (Å²) in [6, 6.07) is -0.626. The van der Waals surface area contributed by atoms with E-state index in [9.17, 15) is 65.4 Å². The van der Waals surface area contributed by atoms with Gasteiger partial charge in [-0.3, -0.25) is 15.0 Å². The lowest BCUT2D eigenvalue weighted by Crippen LogP contribution is -2.65. The molecule has 0 bridgehead atoms. The van der Waals surface area contributed by atoms with Crippen LogP contribution < -0.4 is 21.9 Å². The SMILES string of the molecule is NCCCC[C@@H](C=O)NNC(=O)COCC(=O)NCCO[C@H]1O[C@H](CO[C@H]2O[C@H](CO)[C@@H](O)[C@H](O)[C@@H]2O)[C@@H](O)[C@H](O[C@H]2O[C@H](CO)[C@@H](O)[C@H](O)[C@@H]2O)[C@@H]1O. The third-order valence-corrected chi connectivity index (χ3v) is 8.76. The zero-order valence-corrected chi connectivity index (χ0v) is 29.2. The zero-order chi connectivity index (χ0) is 39.9. The normalized spacial score (nSPS) is 37.7. The molecule has 0 saturated carbocycles. The lowest BCUT2D eigenvalue weighted by Gasteiger charge is -2.46. The Balaban J connectivity index is 1.56. The van der Waals surface area contributed by atoms with Crippen molar-refractivity contribution in [1.29, 1.82) is 0 Å². The highest BCUT2D eigenvalue weighted by Crippen LogP contribution is 2.31. The highest BCUT2D eigenvalue weighted by Gasteiger charge is 2.52. The van der Waals surface area contributed by atoms with Gasteiger partial charge in [0.05, 0.1) is 32.5 Å². The molecule has 0 radical (unpaired) electrons. The average molecular weight is 791 g/mol. The molecule has 24 nitrogen and oxygen atoms in total. The van der Waals surface area contributed by atoms with Crippen LogP contribution in [0.2, 0.25) is 0 Å². The van der Waals surface area contributed by atoms with Gasteiger partial charge in [-0.05, 0) is 19.4 Å². The van der Waals surface area contributed by atoms with Gasteiger partial charge >= 0.3 is 0 Å². The number of hydrogen-bond donors (Lipinski definition) is 14. The van der Waals surface area contributed by atoms with Crippen LogP contribution in [0.25, 0.3) is 0 Å². The minimum atomic E-state index is -1.92. The molecule has 2 amide bonds. The Morgan fingerprint density at radius 3 is 1.89 bits per heavy atom. The summed E-state index contributed by atoms with van der Waals surface area (Å²) < 4.78 is 38.0. The van der Waals surface area contributed by atoms with Gasteiger partial charge in [0, 0.05) is 6.54 Å². The van der Waals surface area contributed by atoms with Crippen molar-refractivity contribution in [3.05, 3.63) is 0 Å². The number of nitrogens with two attached hydrogens (primary N) is 1. The van der Waals surface area contributed by atoms with Crippen LogP contribution >= 0.6 is 0 Å². The number of hydrazine groups is 1. The molecule has 16 atom stereocenters. The summed E-state index contributed by atoms with van der Waals surface area (Å²) in [7, 11) is 0. The molecular weight excluding hydrogens is 736 g/mol. The van der Waals surface area contributed by atoms with Gasteiger partial charge in [0.1, 0.15) is 92.7 Å².